The number of aromatic nitrogens is 3. The molecule has 1 atom stereocenters. The predicted octanol–water partition coefficient (Wildman–Crippen LogP) is 1.41. The standard InChI is InChI=1S/C15H16FN5O6S2/c1-3-24-14-17-21(15(28)20(14)2)13(22)19-27-29(23)11-9(5-4-6-10(11)16)12-18-26-8-7-25-12/h4-6H,3,7-8H2,1-2H3,(H,19,22). The number of carbonyl (C=O) groups is 1. The van der Waals surface area contributed by atoms with Crippen molar-refractivity contribution in [3.63, 3.8) is 0 Å². The van der Waals surface area contributed by atoms with E-state index in [1.807, 2.05) is 5.48 Å². The lowest BCUT2D eigenvalue weighted by Crippen LogP contribution is -2.31. The maximum atomic E-state index is 14.3. The van der Waals surface area contributed by atoms with Gasteiger partial charge >= 0.3 is 12.0 Å². The van der Waals surface area contributed by atoms with Crippen molar-refractivity contribution in [2.24, 2.45) is 12.2 Å². The highest BCUT2D eigenvalue weighted by Gasteiger charge is 2.24. The zero-order chi connectivity index (χ0) is 21.0. The van der Waals surface area contributed by atoms with E-state index in [2.05, 4.69) is 10.3 Å². The van der Waals surface area contributed by atoms with E-state index in [1.165, 1.54) is 16.7 Å². The minimum atomic E-state index is -2.45. The summed E-state index contributed by atoms with van der Waals surface area (Å²) in [5.74, 6) is -0.901. The molecule has 156 valence electrons. The molecule has 0 spiro atoms. The largest absolute Gasteiger partial charge is 0.471 e. The molecule has 1 aliphatic heterocycles. The highest BCUT2D eigenvalue weighted by atomic mass is 32.2. The van der Waals surface area contributed by atoms with Crippen LogP contribution in [0, 0.1) is 10.6 Å². The molecule has 1 N–H and O–H groups in total. The van der Waals surface area contributed by atoms with E-state index in [4.69, 9.17) is 30.8 Å². The van der Waals surface area contributed by atoms with Crippen molar-refractivity contribution in [3.05, 3.63) is 34.4 Å². The number of ether oxygens (including phenoxy) is 2. The minimum Gasteiger partial charge on any atom is -0.471 e. The first kappa shape index (κ1) is 20.9. The third kappa shape index (κ3) is 4.44. The van der Waals surface area contributed by atoms with E-state index in [1.54, 1.807) is 14.0 Å². The van der Waals surface area contributed by atoms with Gasteiger partial charge in [-0.25, -0.2) is 13.4 Å². The summed E-state index contributed by atoms with van der Waals surface area (Å²) in [6, 6.07) is 3.05. The number of rotatable bonds is 6. The molecular weight excluding hydrogens is 429 g/mol. The molecule has 0 fully saturated rings. The molecule has 0 bridgehead atoms. The van der Waals surface area contributed by atoms with Gasteiger partial charge in [-0.1, -0.05) is 6.07 Å². The Bertz CT molecular complexity index is 1040. The SMILES string of the molecule is CCOc1nn(C(=O)NOS(=O)c2c(F)cccc2C2=NOCCO2)c(=S)n1C. The highest BCUT2D eigenvalue weighted by molar-refractivity contribution is 7.80. The summed E-state index contributed by atoms with van der Waals surface area (Å²) in [7, 11) is 1.56. The Balaban J connectivity index is 1.78. The Labute approximate surface area is 171 Å². The molecule has 1 unspecified atom stereocenters. The van der Waals surface area contributed by atoms with E-state index >= 15 is 0 Å². The summed E-state index contributed by atoms with van der Waals surface area (Å²) < 4.78 is 44.4. The van der Waals surface area contributed by atoms with Crippen molar-refractivity contribution in [2.45, 2.75) is 11.8 Å². The fourth-order valence-corrected chi connectivity index (χ4v) is 3.24. The van der Waals surface area contributed by atoms with Crippen LogP contribution >= 0.6 is 12.2 Å². The van der Waals surface area contributed by atoms with Crippen LogP contribution in [0.5, 0.6) is 6.01 Å². The normalized spacial score (nSPS) is 14.4. The number of nitrogens with zero attached hydrogens (tertiary/aromatic N) is 4. The second-order valence-electron chi connectivity index (χ2n) is 5.39. The maximum Gasteiger partial charge on any atom is 0.369 e. The summed E-state index contributed by atoms with van der Waals surface area (Å²) >= 11 is 2.64. The Morgan fingerprint density at radius 3 is 2.93 bits per heavy atom. The van der Waals surface area contributed by atoms with Crippen LogP contribution in [0.1, 0.15) is 12.5 Å². The van der Waals surface area contributed by atoms with Gasteiger partial charge in [0.15, 0.2) is 6.61 Å². The summed E-state index contributed by atoms with van der Waals surface area (Å²) in [5.41, 5.74) is 1.99. The molecule has 2 aromatic rings. The fraction of sp³-hybridized carbons (Fsp3) is 0.333. The van der Waals surface area contributed by atoms with Crippen LogP contribution in [-0.2, 0) is 32.0 Å². The van der Waals surface area contributed by atoms with E-state index in [9.17, 15) is 13.4 Å². The van der Waals surface area contributed by atoms with Crippen molar-refractivity contribution in [1.82, 2.24) is 19.8 Å². The molecule has 0 saturated heterocycles. The van der Waals surface area contributed by atoms with Gasteiger partial charge < -0.3 is 14.3 Å². The second-order valence-corrected chi connectivity index (χ2v) is 6.80. The maximum absolute atomic E-state index is 14.3. The number of nitrogens with one attached hydrogen (secondary N) is 1. The summed E-state index contributed by atoms with van der Waals surface area (Å²) in [5, 5.41) is 7.56. The number of amides is 1. The summed E-state index contributed by atoms with van der Waals surface area (Å²) in [6.45, 7) is 2.48. The second kappa shape index (κ2) is 9.11. The number of halogens is 1. The first-order valence-electron chi connectivity index (χ1n) is 8.24. The van der Waals surface area contributed by atoms with Gasteiger partial charge in [-0.05, 0) is 36.4 Å². The first-order valence-corrected chi connectivity index (χ1v) is 9.72. The van der Waals surface area contributed by atoms with Gasteiger partial charge in [0, 0.05) is 7.05 Å². The summed E-state index contributed by atoms with van der Waals surface area (Å²) in [4.78, 5) is 16.8. The quantitative estimate of drug-likeness (QED) is 0.524. The third-order valence-corrected chi connectivity index (χ3v) is 4.97. The first-order chi connectivity index (χ1) is 13.9. The van der Waals surface area contributed by atoms with Gasteiger partial charge in [0.2, 0.25) is 15.9 Å². The van der Waals surface area contributed by atoms with Gasteiger partial charge in [0.05, 0.1) is 12.2 Å². The van der Waals surface area contributed by atoms with Gasteiger partial charge in [-0.3, -0.25) is 4.57 Å². The van der Waals surface area contributed by atoms with Crippen LogP contribution in [-0.4, -0.2) is 50.3 Å². The lowest BCUT2D eigenvalue weighted by Gasteiger charge is -2.16. The number of benzene rings is 1. The predicted molar refractivity (Wildman–Crippen MR) is 99.5 cm³/mol. The van der Waals surface area contributed by atoms with Crippen molar-refractivity contribution in [3.8, 4) is 6.01 Å². The van der Waals surface area contributed by atoms with Gasteiger partial charge in [0.1, 0.15) is 17.3 Å². The molecule has 0 saturated carbocycles. The van der Waals surface area contributed by atoms with Crippen molar-refractivity contribution in [1.29, 1.82) is 0 Å². The number of hydrogen-bond donors (Lipinski definition) is 1. The Morgan fingerprint density at radius 2 is 2.24 bits per heavy atom. The van der Waals surface area contributed by atoms with E-state index in [-0.39, 0.29) is 40.4 Å². The molecule has 14 heteroatoms. The van der Waals surface area contributed by atoms with Crippen LogP contribution in [0.4, 0.5) is 9.18 Å². The molecule has 29 heavy (non-hydrogen) atoms. The topological polar surface area (TPSA) is 118 Å². The molecular formula is C15H16FN5O6S2. The zero-order valence-electron chi connectivity index (χ0n) is 15.3. The lowest BCUT2D eigenvalue weighted by atomic mass is 10.2. The van der Waals surface area contributed by atoms with Crippen molar-refractivity contribution >= 4 is 35.2 Å². The van der Waals surface area contributed by atoms with Gasteiger partial charge in [-0.2, -0.15) is 9.76 Å². The van der Waals surface area contributed by atoms with Gasteiger partial charge in [-0.15, -0.1) is 9.78 Å². The Hall–Kier alpha value is -2.84. The average Bonchev–Trinajstić information content (AvgIpc) is 3.01. The van der Waals surface area contributed by atoms with E-state index in [0.717, 1.165) is 10.7 Å². The van der Waals surface area contributed by atoms with Crippen LogP contribution in [0.2, 0.25) is 0 Å². The fourth-order valence-electron chi connectivity index (χ4n) is 2.24. The average molecular weight is 445 g/mol. The minimum absolute atomic E-state index is 0.00835. The third-order valence-electron chi connectivity index (χ3n) is 3.54. The number of carbonyl (C=O) groups excluding carboxylic acids is 1. The molecule has 0 radical (unpaired) electrons. The van der Waals surface area contributed by atoms with Crippen LogP contribution in [0.15, 0.2) is 28.3 Å². The monoisotopic (exact) mass is 445 g/mol. The molecule has 11 nitrogen and oxygen atoms in total. The molecule has 1 aromatic carbocycles. The Morgan fingerprint density at radius 1 is 1.45 bits per heavy atom. The van der Waals surface area contributed by atoms with Crippen LogP contribution in [0.25, 0.3) is 0 Å². The summed E-state index contributed by atoms with van der Waals surface area (Å²) in [6.07, 6.45) is 0. The Kier molecular flexibility index (Phi) is 6.56. The van der Waals surface area contributed by atoms with E-state index < -0.39 is 22.9 Å². The smallest absolute Gasteiger partial charge is 0.369 e. The molecule has 1 aliphatic rings. The van der Waals surface area contributed by atoms with E-state index in [0.29, 0.717) is 6.61 Å². The lowest BCUT2D eigenvalue weighted by molar-refractivity contribution is 0.0653. The molecule has 1 aromatic heterocycles. The van der Waals surface area contributed by atoms with Crippen molar-refractivity contribution < 1.29 is 32.0 Å². The number of hydrogen-bond acceptors (Lipinski definition) is 9. The molecule has 3 rings (SSSR count). The zero-order valence-corrected chi connectivity index (χ0v) is 16.9. The molecule has 0 aliphatic carbocycles. The van der Waals surface area contributed by atoms with Crippen molar-refractivity contribution in [2.75, 3.05) is 19.8 Å². The molecule has 1 amide bonds. The molecule has 2 heterocycles. The number of hydroxylamine groups is 1. The highest BCUT2D eigenvalue weighted by Crippen LogP contribution is 2.21. The van der Waals surface area contributed by atoms with Gasteiger partial charge in [0.25, 0.3) is 5.90 Å². The van der Waals surface area contributed by atoms with Crippen LogP contribution < -0.4 is 10.2 Å². The van der Waals surface area contributed by atoms with Crippen LogP contribution in [0.3, 0.4) is 0 Å². The number of oxime groups is 1.